The highest BCUT2D eigenvalue weighted by molar-refractivity contribution is 6.32. The number of nitrogens with one attached hydrogen (secondary N) is 2. The van der Waals surface area contributed by atoms with Crippen LogP contribution < -0.4 is 15.4 Å². The molecule has 7 heteroatoms. The van der Waals surface area contributed by atoms with Gasteiger partial charge in [-0.05, 0) is 6.42 Å². The van der Waals surface area contributed by atoms with Crippen LogP contribution in [0, 0.1) is 0 Å². The summed E-state index contributed by atoms with van der Waals surface area (Å²) >= 11 is 5.91. The lowest BCUT2D eigenvalue weighted by atomic mass is 10.3. The van der Waals surface area contributed by atoms with Gasteiger partial charge in [0.25, 0.3) is 0 Å². The van der Waals surface area contributed by atoms with Gasteiger partial charge in [0.15, 0.2) is 5.82 Å². The van der Waals surface area contributed by atoms with Crippen LogP contribution in [0.5, 0.6) is 6.01 Å². The molecule has 1 heterocycles. The Balaban J connectivity index is 2.41. The molecule has 0 saturated carbocycles. The minimum Gasteiger partial charge on any atom is -0.467 e. The highest BCUT2D eigenvalue weighted by Crippen LogP contribution is 2.19. The largest absolute Gasteiger partial charge is 0.467 e. The van der Waals surface area contributed by atoms with E-state index in [1.807, 2.05) is 6.92 Å². The van der Waals surface area contributed by atoms with Gasteiger partial charge >= 0.3 is 6.01 Å². The van der Waals surface area contributed by atoms with Crippen LogP contribution in [0.2, 0.25) is 5.02 Å². The zero-order valence-corrected chi connectivity index (χ0v) is 11.3. The first-order valence-electron chi connectivity index (χ1n) is 5.74. The van der Waals surface area contributed by atoms with Gasteiger partial charge in [-0.15, -0.1) is 0 Å². The van der Waals surface area contributed by atoms with Crippen molar-refractivity contribution in [2.24, 2.45) is 0 Å². The number of amides is 1. The van der Waals surface area contributed by atoms with Crippen LogP contribution in [0.1, 0.15) is 19.8 Å². The average Bonchev–Trinajstić information content (AvgIpc) is 2.38. The van der Waals surface area contributed by atoms with Crippen molar-refractivity contribution in [1.82, 2.24) is 15.3 Å². The number of hydrogen-bond acceptors (Lipinski definition) is 5. The molecule has 0 saturated heterocycles. The lowest BCUT2D eigenvalue weighted by Crippen LogP contribution is -2.26. The van der Waals surface area contributed by atoms with Crippen molar-refractivity contribution in [2.75, 3.05) is 25.5 Å². The van der Waals surface area contributed by atoms with Gasteiger partial charge in [-0.3, -0.25) is 4.79 Å². The van der Waals surface area contributed by atoms with Crippen LogP contribution >= 0.6 is 11.6 Å². The van der Waals surface area contributed by atoms with E-state index >= 15 is 0 Å². The number of methoxy groups -OCH3 is 1. The molecule has 0 bridgehead atoms. The second-order valence-electron chi connectivity index (χ2n) is 3.58. The zero-order chi connectivity index (χ0) is 13.4. The Bertz CT molecular complexity index is 401. The Morgan fingerprint density at radius 2 is 2.28 bits per heavy atom. The highest BCUT2D eigenvalue weighted by Gasteiger charge is 2.06. The number of nitrogens with zero attached hydrogens (tertiary/aromatic N) is 2. The topological polar surface area (TPSA) is 76.1 Å². The summed E-state index contributed by atoms with van der Waals surface area (Å²) in [5.74, 6) is 0.466. The normalized spacial score (nSPS) is 9.94. The maximum absolute atomic E-state index is 11.4. The molecule has 0 spiro atoms. The third-order valence-corrected chi connectivity index (χ3v) is 2.40. The van der Waals surface area contributed by atoms with E-state index in [-0.39, 0.29) is 11.9 Å². The van der Waals surface area contributed by atoms with Crippen LogP contribution in [0.25, 0.3) is 0 Å². The minimum atomic E-state index is 0.00138. The molecule has 2 N–H and O–H groups in total. The number of carbonyl (C=O) groups is 1. The summed E-state index contributed by atoms with van der Waals surface area (Å²) in [5.41, 5.74) is 0. The predicted molar refractivity (Wildman–Crippen MR) is 70.0 cm³/mol. The quantitative estimate of drug-likeness (QED) is 0.786. The van der Waals surface area contributed by atoms with E-state index in [9.17, 15) is 4.79 Å². The molecule has 18 heavy (non-hydrogen) atoms. The summed E-state index contributed by atoms with van der Waals surface area (Å²) in [7, 11) is 1.48. The Morgan fingerprint density at radius 1 is 1.50 bits per heavy atom. The van der Waals surface area contributed by atoms with Crippen LogP contribution in [-0.4, -0.2) is 36.1 Å². The first-order valence-corrected chi connectivity index (χ1v) is 6.12. The van der Waals surface area contributed by atoms with Crippen molar-refractivity contribution in [3.05, 3.63) is 11.2 Å². The number of rotatable bonds is 7. The standard InChI is InChI=1S/C11H17ClN4O2/c1-3-5-13-9(17)4-6-14-10-8(12)7-15-11(16-10)18-2/h7H,3-6H2,1-2H3,(H,13,17)(H,14,15,16). The Morgan fingerprint density at radius 3 is 2.94 bits per heavy atom. The molecule has 0 aliphatic heterocycles. The van der Waals surface area contributed by atoms with Gasteiger partial charge in [-0.25, -0.2) is 4.98 Å². The van der Waals surface area contributed by atoms with Crippen molar-refractivity contribution in [3.8, 4) is 6.01 Å². The molecule has 0 atom stereocenters. The lowest BCUT2D eigenvalue weighted by Gasteiger charge is -2.08. The maximum atomic E-state index is 11.4. The van der Waals surface area contributed by atoms with Crippen molar-refractivity contribution < 1.29 is 9.53 Å². The van der Waals surface area contributed by atoms with E-state index < -0.39 is 0 Å². The highest BCUT2D eigenvalue weighted by atomic mass is 35.5. The van der Waals surface area contributed by atoms with Crippen LogP contribution in [-0.2, 0) is 4.79 Å². The van der Waals surface area contributed by atoms with E-state index in [4.69, 9.17) is 16.3 Å². The fraction of sp³-hybridized carbons (Fsp3) is 0.545. The van der Waals surface area contributed by atoms with E-state index in [1.165, 1.54) is 13.3 Å². The number of aromatic nitrogens is 2. The number of carbonyl (C=O) groups excluding carboxylic acids is 1. The van der Waals surface area contributed by atoms with E-state index in [1.54, 1.807) is 0 Å². The molecule has 0 fully saturated rings. The lowest BCUT2D eigenvalue weighted by molar-refractivity contribution is -0.120. The molecule has 1 rings (SSSR count). The smallest absolute Gasteiger partial charge is 0.318 e. The number of hydrogen-bond donors (Lipinski definition) is 2. The summed E-state index contributed by atoms with van der Waals surface area (Å²) in [4.78, 5) is 19.3. The Hall–Kier alpha value is -1.56. The summed E-state index contributed by atoms with van der Waals surface area (Å²) in [6.07, 6.45) is 2.74. The molecule has 1 amide bonds. The summed E-state index contributed by atoms with van der Waals surface area (Å²) in [6.45, 7) is 3.15. The van der Waals surface area contributed by atoms with Crippen LogP contribution in [0.4, 0.5) is 5.82 Å². The second kappa shape index (κ2) is 7.71. The first-order chi connectivity index (χ1) is 8.67. The molecule has 1 aromatic heterocycles. The van der Waals surface area contributed by atoms with Gasteiger partial charge in [0.05, 0.1) is 13.3 Å². The number of halogens is 1. The molecule has 0 unspecified atom stereocenters. The fourth-order valence-corrected chi connectivity index (χ4v) is 1.38. The second-order valence-corrected chi connectivity index (χ2v) is 3.99. The Labute approximate surface area is 111 Å². The minimum absolute atomic E-state index is 0.00138. The molecule has 6 nitrogen and oxygen atoms in total. The molecule has 0 radical (unpaired) electrons. The van der Waals surface area contributed by atoms with Gasteiger partial charge in [-0.2, -0.15) is 4.98 Å². The van der Waals surface area contributed by atoms with Gasteiger partial charge < -0.3 is 15.4 Å². The molecule has 0 aliphatic carbocycles. The van der Waals surface area contributed by atoms with Gasteiger partial charge in [0.1, 0.15) is 5.02 Å². The molecule has 0 aliphatic rings. The van der Waals surface area contributed by atoms with Crippen molar-refractivity contribution >= 4 is 23.3 Å². The SMILES string of the molecule is CCCNC(=O)CCNc1nc(OC)ncc1Cl. The predicted octanol–water partition coefficient (Wildman–Crippen LogP) is 1.47. The molecule has 0 aromatic carbocycles. The van der Waals surface area contributed by atoms with E-state index in [0.29, 0.717) is 30.4 Å². The first kappa shape index (κ1) is 14.5. The van der Waals surface area contributed by atoms with E-state index in [2.05, 4.69) is 20.6 Å². The molecular weight excluding hydrogens is 256 g/mol. The summed E-state index contributed by atoms with van der Waals surface area (Å²) < 4.78 is 4.89. The van der Waals surface area contributed by atoms with Crippen molar-refractivity contribution in [1.29, 1.82) is 0 Å². The molecular formula is C11H17ClN4O2. The molecule has 1 aromatic rings. The van der Waals surface area contributed by atoms with Crippen LogP contribution in [0.3, 0.4) is 0 Å². The summed E-state index contributed by atoms with van der Waals surface area (Å²) in [5, 5.41) is 6.15. The Kier molecular flexibility index (Phi) is 6.21. The van der Waals surface area contributed by atoms with Gasteiger partial charge in [0.2, 0.25) is 5.91 Å². The fourth-order valence-electron chi connectivity index (χ4n) is 1.22. The maximum Gasteiger partial charge on any atom is 0.318 e. The van der Waals surface area contributed by atoms with Gasteiger partial charge in [0, 0.05) is 19.5 Å². The number of ether oxygens (including phenoxy) is 1. The summed E-state index contributed by atoms with van der Waals surface area (Å²) in [6, 6.07) is 0.234. The average molecular weight is 273 g/mol. The van der Waals surface area contributed by atoms with Crippen molar-refractivity contribution in [2.45, 2.75) is 19.8 Å². The van der Waals surface area contributed by atoms with Gasteiger partial charge in [-0.1, -0.05) is 18.5 Å². The third kappa shape index (κ3) is 4.75. The van der Waals surface area contributed by atoms with E-state index in [0.717, 1.165) is 6.42 Å². The molecule has 100 valence electrons. The van der Waals surface area contributed by atoms with Crippen LogP contribution in [0.15, 0.2) is 6.20 Å². The zero-order valence-electron chi connectivity index (χ0n) is 10.5. The number of anilines is 1. The van der Waals surface area contributed by atoms with Crippen molar-refractivity contribution in [3.63, 3.8) is 0 Å². The monoisotopic (exact) mass is 272 g/mol. The third-order valence-electron chi connectivity index (χ3n) is 2.12.